The molecule has 294 valence electrons. The van der Waals surface area contributed by atoms with Gasteiger partial charge >= 0.3 is 0 Å². The molecule has 3 fully saturated rings. The zero-order chi connectivity index (χ0) is 39.4. The van der Waals surface area contributed by atoms with E-state index in [9.17, 15) is 19.2 Å². The Balaban J connectivity index is 0.775. The van der Waals surface area contributed by atoms with Gasteiger partial charge in [-0.2, -0.15) is 0 Å². The fourth-order valence-corrected chi connectivity index (χ4v) is 8.87. The summed E-state index contributed by atoms with van der Waals surface area (Å²) < 4.78 is 17.8. The monoisotopic (exact) mass is 791 g/mol. The Bertz CT molecular complexity index is 2480. The molecule has 4 aliphatic rings. The second-order valence-corrected chi connectivity index (χ2v) is 15.6. The summed E-state index contributed by atoms with van der Waals surface area (Å²) in [6.45, 7) is 6.86. The third kappa shape index (κ3) is 6.97. The lowest BCUT2D eigenvalue weighted by atomic mass is 9.95. The Hall–Kier alpha value is -5.86. The molecule has 2 aromatic heterocycles. The molecular weight excluding hydrogens is 750 g/mol. The number of ether oxygens (including phenoxy) is 2. The lowest BCUT2D eigenvalue weighted by Crippen LogP contribution is -2.52. The second kappa shape index (κ2) is 14.9. The zero-order valence-corrected chi connectivity index (χ0v) is 32.2. The first-order chi connectivity index (χ1) is 27.6. The highest BCUT2D eigenvalue weighted by atomic mass is 35.5. The SMILES string of the molecule is COc1cc(N2CCC(CN3CCN(c4ccc(Oc5cc6oc7cccc(Cl)c7c(=O)c6nc5N)cc4)CC3)CC2)cc2c1CN(C1CCC(=O)NC1=O)C2=O. The van der Waals surface area contributed by atoms with Crippen molar-refractivity contribution in [3.63, 3.8) is 0 Å². The molecule has 0 radical (unpaired) electrons. The molecule has 3 N–H and O–H groups in total. The van der Waals surface area contributed by atoms with Gasteiger partial charge in [0.05, 0.1) is 29.6 Å². The number of benzene rings is 3. The maximum Gasteiger partial charge on any atom is 0.255 e. The van der Waals surface area contributed by atoms with Crippen LogP contribution in [0.25, 0.3) is 22.1 Å². The number of methoxy groups -OCH3 is 1. The van der Waals surface area contributed by atoms with Gasteiger partial charge in [-0.15, -0.1) is 0 Å². The molecule has 0 bridgehead atoms. The van der Waals surface area contributed by atoms with E-state index in [0.717, 1.165) is 75.6 Å². The quantitative estimate of drug-likeness (QED) is 0.157. The molecule has 4 aliphatic heterocycles. The molecule has 5 aromatic rings. The Labute approximate surface area is 333 Å². The van der Waals surface area contributed by atoms with Crippen LogP contribution in [0.3, 0.4) is 0 Å². The summed E-state index contributed by atoms with van der Waals surface area (Å²) >= 11 is 6.25. The number of fused-ring (bicyclic) bond motifs is 3. The third-order valence-electron chi connectivity index (χ3n) is 11.7. The van der Waals surface area contributed by atoms with Crippen LogP contribution in [0.4, 0.5) is 17.2 Å². The largest absolute Gasteiger partial charge is 0.496 e. The first-order valence-corrected chi connectivity index (χ1v) is 19.7. The fourth-order valence-electron chi connectivity index (χ4n) is 8.62. The molecule has 1 unspecified atom stereocenters. The van der Waals surface area contributed by atoms with Crippen molar-refractivity contribution in [1.29, 1.82) is 0 Å². The Kier molecular flexibility index (Phi) is 9.61. The van der Waals surface area contributed by atoms with E-state index >= 15 is 0 Å². The minimum atomic E-state index is -0.661. The summed E-state index contributed by atoms with van der Waals surface area (Å²) in [5.74, 6) is 1.26. The van der Waals surface area contributed by atoms with Crippen molar-refractivity contribution in [3.8, 4) is 17.2 Å². The number of carbonyl (C=O) groups is 3. The number of rotatable bonds is 8. The number of amides is 3. The lowest BCUT2D eigenvalue weighted by molar-refractivity contribution is -0.136. The topological polar surface area (TPSA) is 164 Å². The Morgan fingerprint density at radius 1 is 0.877 bits per heavy atom. The van der Waals surface area contributed by atoms with Crippen LogP contribution in [0.15, 0.2) is 69.9 Å². The van der Waals surface area contributed by atoms with Gasteiger partial charge in [0.2, 0.25) is 17.2 Å². The van der Waals surface area contributed by atoms with Gasteiger partial charge in [0, 0.05) is 81.3 Å². The summed E-state index contributed by atoms with van der Waals surface area (Å²) in [7, 11) is 1.61. The molecule has 0 aliphatic carbocycles. The number of nitrogens with zero attached hydrogens (tertiary/aromatic N) is 5. The molecule has 15 heteroatoms. The highest BCUT2D eigenvalue weighted by Gasteiger charge is 2.41. The predicted octanol–water partition coefficient (Wildman–Crippen LogP) is 5.18. The van der Waals surface area contributed by atoms with E-state index < -0.39 is 11.9 Å². The van der Waals surface area contributed by atoms with Gasteiger partial charge in [-0.25, -0.2) is 4.98 Å². The summed E-state index contributed by atoms with van der Waals surface area (Å²) in [6.07, 6.45) is 2.64. The normalized spacial score (nSPS) is 19.4. The first-order valence-electron chi connectivity index (χ1n) is 19.3. The number of imide groups is 1. The average molecular weight is 792 g/mol. The van der Waals surface area contributed by atoms with Crippen molar-refractivity contribution in [2.24, 2.45) is 5.92 Å². The van der Waals surface area contributed by atoms with Crippen molar-refractivity contribution in [3.05, 3.63) is 87.0 Å². The number of hydrogen-bond acceptors (Lipinski definition) is 12. The molecule has 0 spiro atoms. The van der Waals surface area contributed by atoms with Gasteiger partial charge in [-0.1, -0.05) is 17.7 Å². The van der Waals surface area contributed by atoms with Crippen molar-refractivity contribution in [2.45, 2.75) is 38.3 Å². The molecule has 3 saturated heterocycles. The van der Waals surface area contributed by atoms with Crippen LogP contribution in [0.2, 0.25) is 5.02 Å². The third-order valence-corrected chi connectivity index (χ3v) is 12.1. The minimum Gasteiger partial charge on any atom is -0.496 e. The maximum atomic E-state index is 13.5. The van der Waals surface area contributed by atoms with Gasteiger partial charge < -0.3 is 34.3 Å². The van der Waals surface area contributed by atoms with Crippen molar-refractivity contribution in [2.75, 3.05) is 68.5 Å². The minimum absolute atomic E-state index is 0.0760. The molecule has 9 rings (SSSR count). The van der Waals surface area contributed by atoms with Crippen LogP contribution >= 0.6 is 11.6 Å². The van der Waals surface area contributed by atoms with Gasteiger partial charge in [0.25, 0.3) is 5.91 Å². The standard InChI is InChI=1S/C42H42ClN7O7/c1-55-33-20-26(19-28-29(33)23-50(42(28)54)31-9-10-36(51)45-41(31)53)48-13-11-24(12-14-48)22-47-15-17-49(18-16-47)25-5-7-27(8-6-25)56-35-21-34-38(46-40(35)44)39(52)37-30(43)3-2-4-32(37)57-34/h2-8,19-21,24,31H,9-18,22-23H2,1H3,(H2,44,46)(H,45,51,53). The highest BCUT2D eigenvalue weighted by Crippen LogP contribution is 2.39. The van der Waals surface area contributed by atoms with Crippen LogP contribution in [-0.4, -0.2) is 91.5 Å². The number of nitrogens with one attached hydrogen (secondary N) is 1. The molecule has 57 heavy (non-hydrogen) atoms. The number of piperazine rings is 1. The number of halogens is 1. The van der Waals surface area contributed by atoms with E-state index in [1.165, 1.54) is 0 Å². The molecule has 3 aromatic carbocycles. The molecule has 1 atom stereocenters. The summed E-state index contributed by atoms with van der Waals surface area (Å²) in [5, 5.41) is 2.93. The van der Waals surface area contributed by atoms with Crippen molar-refractivity contribution in [1.82, 2.24) is 20.1 Å². The maximum absolute atomic E-state index is 13.5. The fraction of sp³-hybridized carbons (Fsp3) is 0.357. The number of aromatic nitrogens is 1. The van der Waals surface area contributed by atoms with Crippen molar-refractivity contribution < 1.29 is 28.3 Å². The van der Waals surface area contributed by atoms with Crippen LogP contribution in [0.5, 0.6) is 17.2 Å². The van der Waals surface area contributed by atoms with Gasteiger partial charge in [-0.3, -0.25) is 29.4 Å². The van der Waals surface area contributed by atoms with Crippen LogP contribution in [0, 0.1) is 5.92 Å². The number of anilines is 3. The molecular formula is C42H42ClN7O7. The Morgan fingerprint density at radius 3 is 2.37 bits per heavy atom. The van der Waals surface area contributed by atoms with Crippen LogP contribution < -0.4 is 35.8 Å². The van der Waals surface area contributed by atoms with Crippen LogP contribution in [-0.2, 0) is 16.1 Å². The predicted molar refractivity (Wildman–Crippen MR) is 216 cm³/mol. The molecule has 0 saturated carbocycles. The second-order valence-electron chi connectivity index (χ2n) is 15.2. The summed E-state index contributed by atoms with van der Waals surface area (Å²) in [6, 6.07) is 17.8. The number of carbonyl (C=O) groups excluding carboxylic acids is 3. The van der Waals surface area contributed by atoms with Gasteiger partial charge in [0.1, 0.15) is 23.1 Å². The van der Waals surface area contributed by atoms with E-state index in [4.69, 9.17) is 31.2 Å². The van der Waals surface area contributed by atoms with E-state index in [1.807, 2.05) is 36.4 Å². The van der Waals surface area contributed by atoms with Crippen molar-refractivity contribution >= 4 is 68.6 Å². The number of piperidine rings is 2. The number of nitrogen functional groups attached to an aromatic ring is 1. The smallest absolute Gasteiger partial charge is 0.255 e. The van der Waals surface area contributed by atoms with Gasteiger partial charge in [-0.05, 0) is 67.6 Å². The molecule has 14 nitrogen and oxygen atoms in total. The zero-order valence-electron chi connectivity index (χ0n) is 31.5. The van der Waals surface area contributed by atoms with E-state index in [1.54, 1.807) is 36.3 Å². The van der Waals surface area contributed by atoms with E-state index in [0.29, 0.717) is 45.8 Å². The average Bonchev–Trinajstić information content (AvgIpc) is 3.54. The molecule has 3 amide bonds. The number of nitrogens with two attached hydrogens (primary N) is 1. The number of pyridine rings is 1. The highest BCUT2D eigenvalue weighted by molar-refractivity contribution is 6.35. The van der Waals surface area contributed by atoms with E-state index in [2.05, 4.69) is 25.0 Å². The summed E-state index contributed by atoms with van der Waals surface area (Å²) in [4.78, 5) is 64.0. The van der Waals surface area contributed by atoms with Crippen LogP contribution in [0.1, 0.15) is 41.6 Å². The van der Waals surface area contributed by atoms with E-state index in [-0.39, 0.29) is 52.5 Å². The Morgan fingerprint density at radius 2 is 1.63 bits per heavy atom. The lowest BCUT2D eigenvalue weighted by Gasteiger charge is -2.40. The number of hydrogen-bond donors (Lipinski definition) is 2. The van der Waals surface area contributed by atoms with Gasteiger partial charge in [0.15, 0.2) is 22.7 Å². The first kappa shape index (κ1) is 36.8. The summed E-state index contributed by atoms with van der Waals surface area (Å²) in [5.41, 5.74) is 10.0. The molecule has 6 heterocycles.